The van der Waals surface area contributed by atoms with Gasteiger partial charge in [-0.15, -0.1) is 0 Å². The van der Waals surface area contributed by atoms with Crippen molar-refractivity contribution in [1.29, 1.82) is 0 Å². The highest BCUT2D eigenvalue weighted by Crippen LogP contribution is 2.32. The molecule has 0 aliphatic heterocycles. The molecule has 3 aromatic carbocycles. The standard InChI is InChI=1S/C19H15ClN2/c1-2-18-21-15-10-3-4-11-16(15)22(18)17-12-6-8-13-7-5-9-14(20)19(13)17/h3-12H,2H2,1H3. The van der Waals surface area contributed by atoms with Gasteiger partial charge in [0, 0.05) is 11.8 Å². The Labute approximate surface area is 134 Å². The Bertz CT molecular complexity index is 980. The highest BCUT2D eigenvalue weighted by molar-refractivity contribution is 6.36. The summed E-state index contributed by atoms with van der Waals surface area (Å²) in [4.78, 5) is 4.76. The summed E-state index contributed by atoms with van der Waals surface area (Å²) in [6, 6.07) is 20.5. The molecule has 108 valence electrons. The van der Waals surface area contributed by atoms with Gasteiger partial charge in [0.25, 0.3) is 0 Å². The van der Waals surface area contributed by atoms with Gasteiger partial charge < -0.3 is 0 Å². The van der Waals surface area contributed by atoms with Crippen molar-refractivity contribution >= 4 is 33.4 Å². The summed E-state index contributed by atoms with van der Waals surface area (Å²) in [6.07, 6.45) is 0.871. The van der Waals surface area contributed by atoms with Crippen LogP contribution >= 0.6 is 11.6 Å². The van der Waals surface area contributed by atoms with Crippen LogP contribution in [0.5, 0.6) is 0 Å². The zero-order valence-corrected chi connectivity index (χ0v) is 13.0. The number of benzene rings is 3. The number of nitrogens with zero attached hydrogens (tertiary/aromatic N) is 2. The van der Waals surface area contributed by atoms with Crippen LogP contribution in [0.25, 0.3) is 27.5 Å². The zero-order chi connectivity index (χ0) is 15.1. The van der Waals surface area contributed by atoms with E-state index in [1.807, 2.05) is 24.3 Å². The lowest BCUT2D eigenvalue weighted by molar-refractivity contribution is 0.913. The van der Waals surface area contributed by atoms with Crippen LogP contribution in [-0.4, -0.2) is 9.55 Å². The Morgan fingerprint density at radius 2 is 1.73 bits per heavy atom. The Kier molecular flexibility index (Phi) is 3.12. The molecule has 0 saturated carbocycles. The molecule has 0 fully saturated rings. The van der Waals surface area contributed by atoms with Gasteiger partial charge >= 0.3 is 0 Å². The first-order valence-corrected chi connectivity index (χ1v) is 7.81. The van der Waals surface area contributed by atoms with E-state index in [2.05, 4.69) is 47.9 Å². The summed E-state index contributed by atoms with van der Waals surface area (Å²) in [5.41, 5.74) is 3.23. The summed E-state index contributed by atoms with van der Waals surface area (Å²) in [7, 11) is 0. The molecule has 22 heavy (non-hydrogen) atoms. The van der Waals surface area contributed by atoms with Crippen molar-refractivity contribution in [2.45, 2.75) is 13.3 Å². The lowest BCUT2D eigenvalue weighted by atomic mass is 10.1. The topological polar surface area (TPSA) is 17.8 Å². The van der Waals surface area contributed by atoms with Crippen molar-refractivity contribution in [2.75, 3.05) is 0 Å². The summed E-state index contributed by atoms with van der Waals surface area (Å²) < 4.78 is 2.23. The Morgan fingerprint density at radius 3 is 2.55 bits per heavy atom. The van der Waals surface area contributed by atoms with Crippen LogP contribution in [-0.2, 0) is 6.42 Å². The highest BCUT2D eigenvalue weighted by atomic mass is 35.5. The maximum absolute atomic E-state index is 6.49. The number of para-hydroxylation sites is 2. The number of aryl methyl sites for hydroxylation is 1. The van der Waals surface area contributed by atoms with Gasteiger partial charge in [-0.2, -0.15) is 0 Å². The molecule has 0 spiro atoms. The fourth-order valence-corrected chi connectivity index (χ4v) is 3.32. The number of rotatable bonds is 2. The van der Waals surface area contributed by atoms with Gasteiger partial charge in [0.15, 0.2) is 0 Å². The molecule has 0 aliphatic carbocycles. The molecule has 0 atom stereocenters. The average Bonchev–Trinajstić information content (AvgIpc) is 2.93. The van der Waals surface area contributed by atoms with Gasteiger partial charge in [-0.05, 0) is 29.7 Å². The molecule has 2 nitrogen and oxygen atoms in total. The third-order valence-electron chi connectivity index (χ3n) is 4.02. The first-order valence-electron chi connectivity index (χ1n) is 7.43. The van der Waals surface area contributed by atoms with Crippen molar-refractivity contribution in [2.24, 2.45) is 0 Å². The van der Waals surface area contributed by atoms with E-state index in [4.69, 9.17) is 16.6 Å². The van der Waals surface area contributed by atoms with Crippen LogP contribution in [0.1, 0.15) is 12.7 Å². The van der Waals surface area contributed by atoms with Crippen LogP contribution < -0.4 is 0 Å². The van der Waals surface area contributed by atoms with Crippen LogP contribution in [0.2, 0.25) is 5.02 Å². The second-order valence-corrected chi connectivity index (χ2v) is 5.73. The predicted octanol–water partition coefficient (Wildman–Crippen LogP) is 5.39. The maximum Gasteiger partial charge on any atom is 0.114 e. The molecule has 0 saturated heterocycles. The number of hydrogen-bond acceptors (Lipinski definition) is 1. The Balaban J connectivity index is 2.16. The van der Waals surface area contributed by atoms with Gasteiger partial charge in [0.1, 0.15) is 5.82 Å². The highest BCUT2D eigenvalue weighted by Gasteiger charge is 2.14. The third-order valence-corrected chi connectivity index (χ3v) is 4.33. The Morgan fingerprint density at radius 1 is 0.955 bits per heavy atom. The third kappa shape index (κ3) is 1.92. The van der Waals surface area contributed by atoms with Crippen molar-refractivity contribution in [1.82, 2.24) is 9.55 Å². The monoisotopic (exact) mass is 306 g/mol. The smallest absolute Gasteiger partial charge is 0.114 e. The lowest BCUT2D eigenvalue weighted by Gasteiger charge is -2.12. The minimum absolute atomic E-state index is 0.771. The van der Waals surface area contributed by atoms with Gasteiger partial charge in [0.05, 0.1) is 21.7 Å². The number of imidazole rings is 1. The zero-order valence-electron chi connectivity index (χ0n) is 12.3. The SMILES string of the molecule is CCc1nc2ccccc2n1-c1cccc2cccc(Cl)c12. The minimum atomic E-state index is 0.771. The van der Waals surface area contributed by atoms with E-state index in [9.17, 15) is 0 Å². The molecular weight excluding hydrogens is 292 g/mol. The van der Waals surface area contributed by atoms with Crippen LogP contribution in [0, 0.1) is 0 Å². The largest absolute Gasteiger partial charge is 0.296 e. The molecule has 4 rings (SSSR count). The summed E-state index contributed by atoms with van der Waals surface area (Å²) >= 11 is 6.49. The second kappa shape index (κ2) is 5.15. The van der Waals surface area contributed by atoms with E-state index in [1.54, 1.807) is 0 Å². The van der Waals surface area contributed by atoms with Gasteiger partial charge in [-0.25, -0.2) is 4.98 Å². The molecule has 3 heteroatoms. The fraction of sp³-hybridized carbons (Fsp3) is 0.105. The molecule has 0 N–H and O–H groups in total. The number of halogens is 1. The molecule has 0 aliphatic rings. The quantitative estimate of drug-likeness (QED) is 0.485. The van der Waals surface area contributed by atoms with Gasteiger partial charge in [-0.1, -0.05) is 54.9 Å². The molecule has 1 heterocycles. The van der Waals surface area contributed by atoms with Crippen LogP contribution in [0.3, 0.4) is 0 Å². The minimum Gasteiger partial charge on any atom is -0.296 e. The number of aromatic nitrogens is 2. The normalized spacial score (nSPS) is 11.4. The van der Waals surface area contributed by atoms with Gasteiger partial charge in [0.2, 0.25) is 0 Å². The predicted molar refractivity (Wildman–Crippen MR) is 93.0 cm³/mol. The van der Waals surface area contributed by atoms with E-state index >= 15 is 0 Å². The fourth-order valence-electron chi connectivity index (χ4n) is 3.04. The van der Waals surface area contributed by atoms with Crippen molar-refractivity contribution in [3.63, 3.8) is 0 Å². The van der Waals surface area contributed by atoms with Gasteiger partial charge in [-0.3, -0.25) is 4.57 Å². The maximum atomic E-state index is 6.49. The first kappa shape index (κ1) is 13.4. The molecule has 0 bridgehead atoms. The molecule has 0 amide bonds. The summed E-state index contributed by atoms with van der Waals surface area (Å²) in [5, 5.41) is 2.99. The van der Waals surface area contributed by atoms with Crippen molar-refractivity contribution < 1.29 is 0 Å². The Hall–Kier alpha value is -2.32. The van der Waals surface area contributed by atoms with Crippen molar-refractivity contribution in [3.05, 3.63) is 71.5 Å². The first-order chi connectivity index (χ1) is 10.8. The molecule has 0 radical (unpaired) electrons. The number of hydrogen-bond donors (Lipinski definition) is 0. The average molecular weight is 307 g/mol. The van der Waals surface area contributed by atoms with E-state index < -0.39 is 0 Å². The number of fused-ring (bicyclic) bond motifs is 2. The van der Waals surface area contributed by atoms with E-state index in [-0.39, 0.29) is 0 Å². The van der Waals surface area contributed by atoms with Crippen LogP contribution in [0.15, 0.2) is 60.7 Å². The van der Waals surface area contributed by atoms with Crippen LogP contribution in [0.4, 0.5) is 0 Å². The summed E-state index contributed by atoms with van der Waals surface area (Å²) in [5.74, 6) is 1.05. The molecule has 0 unspecified atom stereocenters. The molecule has 4 aromatic rings. The lowest BCUT2D eigenvalue weighted by Crippen LogP contribution is -2.01. The van der Waals surface area contributed by atoms with E-state index in [0.717, 1.165) is 44.8 Å². The van der Waals surface area contributed by atoms with Crippen molar-refractivity contribution in [3.8, 4) is 5.69 Å². The molecule has 1 aromatic heterocycles. The second-order valence-electron chi connectivity index (χ2n) is 5.32. The molecular formula is C19H15ClN2. The van der Waals surface area contributed by atoms with E-state index in [0.29, 0.717) is 0 Å². The van der Waals surface area contributed by atoms with E-state index in [1.165, 1.54) is 0 Å². The summed E-state index contributed by atoms with van der Waals surface area (Å²) in [6.45, 7) is 2.13.